The smallest absolute Gasteiger partial charge is 0.336 e. The first-order valence-corrected chi connectivity index (χ1v) is 6.95. The number of nitrogens with one attached hydrogen (secondary N) is 1. The molecule has 0 aliphatic carbocycles. The van der Waals surface area contributed by atoms with Crippen LogP contribution in [0, 0.1) is 5.82 Å². The fourth-order valence-electron chi connectivity index (χ4n) is 2.47. The summed E-state index contributed by atoms with van der Waals surface area (Å²) in [5.74, 6) is -2.15. The molecular formula is C15H15ClFNO3. The highest BCUT2D eigenvalue weighted by molar-refractivity contribution is 6.31. The Bertz CT molecular complexity index is 607. The molecule has 1 aliphatic heterocycles. The van der Waals surface area contributed by atoms with E-state index >= 15 is 0 Å². The van der Waals surface area contributed by atoms with Gasteiger partial charge in [0.2, 0.25) is 5.91 Å². The molecule has 2 rings (SSSR count). The van der Waals surface area contributed by atoms with Crippen molar-refractivity contribution in [2.75, 3.05) is 6.61 Å². The normalized spacial score (nSPS) is 18.5. The molecule has 0 radical (unpaired) electrons. The quantitative estimate of drug-likeness (QED) is 0.873. The van der Waals surface area contributed by atoms with Gasteiger partial charge in [-0.05, 0) is 26.0 Å². The lowest BCUT2D eigenvalue weighted by atomic mass is 9.84. The topological polar surface area (TPSA) is 55.4 Å². The highest BCUT2D eigenvalue weighted by Gasteiger charge is 2.35. The maximum Gasteiger partial charge on any atom is 0.336 e. The SMILES string of the molecule is CCOC(=O)C1=C(C)NC(=O)C[C@@H]1c1c(F)cccc1Cl. The van der Waals surface area contributed by atoms with E-state index in [0.29, 0.717) is 5.70 Å². The number of rotatable bonds is 3. The van der Waals surface area contributed by atoms with Crippen molar-refractivity contribution in [3.8, 4) is 0 Å². The molecule has 1 heterocycles. The number of amides is 1. The molecule has 1 aromatic carbocycles. The highest BCUT2D eigenvalue weighted by atomic mass is 35.5. The molecule has 0 saturated heterocycles. The van der Waals surface area contributed by atoms with E-state index in [2.05, 4.69) is 5.32 Å². The first-order valence-electron chi connectivity index (χ1n) is 6.57. The summed E-state index contributed by atoms with van der Waals surface area (Å²) in [5.41, 5.74) is 0.758. The molecule has 1 aliphatic rings. The lowest BCUT2D eigenvalue weighted by Gasteiger charge is -2.27. The summed E-state index contributed by atoms with van der Waals surface area (Å²) >= 11 is 6.06. The van der Waals surface area contributed by atoms with Crippen molar-refractivity contribution in [2.45, 2.75) is 26.2 Å². The van der Waals surface area contributed by atoms with Gasteiger partial charge in [-0.2, -0.15) is 0 Å². The predicted molar refractivity (Wildman–Crippen MR) is 76.2 cm³/mol. The number of halogens is 2. The zero-order valence-corrected chi connectivity index (χ0v) is 12.5. The Kier molecular flexibility index (Phi) is 4.63. The van der Waals surface area contributed by atoms with Crippen molar-refractivity contribution in [1.29, 1.82) is 0 Å². The largest absolute Gasteiger partial charge is 0.463 e. The van der Waals surface area contributed by atoms with Crippen LogP contribution in [0.15, 0.2) is 29.5 Å². The molecule has 0 spiro atoms. The molecule has 1 aromatic rings. The zero-order valence-electron chi connectivity index (χ0n) is 11.7. The maximum atomic E-state index is 14.1. The lowest BCUT2D eigenvalue weighted by Crippen LogP contribution is -2.34. The van der Waals surface area contributed by atoms with Crippen LogP contribution in [0.3, 0.4) is 0 Å². The summed E-state index contributed by atoms with van der Waals surface area (Å²) in [6.45, 7) is 3.46. The second kappa shape index (κ2) is 6.26. The molecule has 0 saturated carbocycles. The number of ether oxygens (including phenoxy) is 1. The predicted octanol–water partition coefficient (Wildman–Crippen LogP) is 2.92. The molecular weight excluding hydrogens is 297 g/mol. The third-order valence-corrected chi connectivity index (χ3v) is 3.64. The van der Waals surface area contributed by atoms with E-state index in [1.807, 2.05) is 0 Å². The monoisotopic (exact) mass is 311 g/mol. The number of benzene rings is 1. The average Bonchev–Trinajstić information content (AvgIpc) is 2.37. The Morgan fingerprint density at radius 3 is 2.86 bits per heavy atom. The fraction of sp³-hybridized carbons (Fsp3) is 0.333. The van der Waals surface area contributed by atoms with Crippen molar-refractivity contribution < 1.29 is 18.7 Å². The van der Waals surface area contributed by atoms with E-state index in [4.69, 9.17) is 16.3 Å². The van der Waals surface area contributed by atoms with Gasteiger partial charge in [-0.15, -0.1) is 0 Å². The van der Waals surface area contributed by atoms with Crippen molar-refractivity contribution in [1.82, 2.24) is 5.32 Å². The van der Waals surface area contributed by atoms with Gasteiger partial charge in [-0.25, -0.2) is 9.18 Å². The molecule has 4 nitrogen and oxygen atoms in total. The Morgan fingerprint density at radius 1 is 1.52 bits per heavy atom. The molecule has 1 N–H and O–H groups in total. The minimum Gasteiger partial charge on any atom is -0.463 e. The number of hydrogen-bond acceptors (Lipinski definition) is 3. The zero-order chi connectivity index (χ0) is 15.6. The van der Waals surface area contributed by atoms with Crippen LogP contribution >= 0.6 is 11.6 Å². The van der Waals surface area contributed by atoms with Gasteiger partial charge in [-0.1, -0.05) is 17.7 Å². The van der Waals surface area contributed by atoms with Gasteiger partial charge in [0.15, 0.2) is 0 Å². The number of esters is 1. The van der Waals surface area contributed by atoms with Crippen LogP contribution < -0.4 is 5.32 Å². The van der Waals surface area contributed by atoms with Crippen LogP contribution in [0.4, 0.5) is 4.39 Å². The summed E-state index contributed by atoms with van der Waals surface area (Å²) in [7, 11) is 0. The van der Waals surface area contributed by atoms with E-state index < -0.39 is 17.7 Å². The lowest BCUT2D eigenvalue weighted by molar-refractivity contribution is -0.139. The third-order valence-electron chi connectivity index (χ3n) is 3.31. The van der Waals surface area contributed by atoms with Crippen LogP contribution in [-0.4, -0.2) is 18.5 Å². The van der Waals surface area contributed by atoms with Crippen molar-refractivity contribution in [3.63, 3.8) is 0 Å². The van der Waals surface area contributed by atoms with Gasteiger partial charge in [-0.3, -0.25) is 4.79 Å². The summed E-state index contributed by atoms with van der Waals surface area (Å²) in [6, 6.07) is 4.26. The number of allylic oxidation sites excluding steroid dienone is 1. The molecule has 1 amide bonds. The Balaban J connectivity index is 2.55. The van der Waals surface area contributed by atoms with Crippen LogP contribution in [-0.2, 0) is 14.3 Å². The highest BCUT2D eigenvalue weighted by Crippen LogP contribution is 2.38. The van der Waals surface area contributed by atoms with Gasteiger partial charge in [0.05, 0.1) is 12.2 Å². The van der Waals surface area contributed by atoms with E-state index in [0.717, 1.165) is 0 Å². The summed E-state index contributed by atoms with van der Waals surface area (Å²) < 4.78 is 19.1. The average molecular weight is 312 g/mol. The summed E-state index contributed by atoms with van der Waals surface area (Å²) in [5, 5.41) is 2.77. The molecule has 0 bridgehead atoms. The van der Waals surface area contributed by atoms with E-state index in [1.54, 1.807) is 13.8 Å². The molecule has 6 heteroatoms. The van der Waals surface area contributed by atoms with Gasteiger partial charge in [0.1, 0.15) is 5.82 Å². The van der Waals surface area contributed by atoms with Gasteiger partial charge in [0, 0.05) is 28.6 Å². The van der Waals surface area contributed by atoms with Crippen LogP contribution in [0.25, 0.3) is 0 Å². The van der Waals surface area contributed by atoms with Crippen molar-refractivity contribution >= 4 is 23.5 Å². The first kappa shape index (κ1) is 15.5. The number of hydrogen-bond donors (Lipinski definition) is 1. The second-order valence-corrected chi connectivity index (χ2v) is 5.11. The molecule has 21 heavy (non-hydrogen) atoms. The van der Waals surface area contributed by atoms with Crippen LogP contribution in [0.2, 0.25) is 5.02 Å². The Hall–Kier alpha value is -1.88. The molecule has 1 atom stereocenters. The minimum absolute atomic E-state index is 0.0495. The Labute approximate surface area is 126 Å². The first-order chi connectivity index (χ1) is 9.95. The number of carbonyl (C=O) groups is 2. The Morgan fingerprint density at radius 2 is 2.24 bits per heavy atom. The molecule has 0 aromatic heterocycles. The molecule has 0 unspecified atom stereocenters. The third kappa shape index (κ3) is 3.08. The fourth-order valence-corrected chi connectivity index (χ4v) is 2.77. The standard InChI is InChI=1S/C15H15ClFNO3/c1-3-21-15(20)13-8(2)18-12(19)7-9(13)14-10(16)5-4-6-11(14)17/h4-6,9H,3,7H2,1-2H3,(H,18,19)/t9-/m0/s1. The van der Waals surface area contributed by atoms with E-state index in [1.165, 1.54) is 18.2 Å². The molecule has 0 fully saturated rings. The van der Waals surface area contributed by atoms with Crippen LogP contribution in [0.1, 0.15) is 31.7 Å². The van der Waals surface area contributed by atoms with Crippen molar-refractivity contribution in [2.24, 2.45) is 0 Å². The van der Waals surface area contributed by atoms with Crippen molar-refractivity contribution in [3.05, 3.63) is 45.9 Å². The van der Waals surface area contributed by atoms with E-state index in [-0.39, 0.29) is 35.1 Å². The number of carbonyl (C=O) groups excluding carboxylic acids is 2. The summed E-state index contributed by atoms with van der Waals surface area (Å²) in [6.07, 6.45) is -0.0495. The van der Waals surface area contributed by atoms with Crippen LogP contribution in [0.5, 0.6) is 0 Å². The minimum atomic E-state index is -0.744. The van der Waals surface area contributed by atoms with Gasteiger partial charge >= 0.3 is 5.97 Å². The summed E-state index contributed by atoms with van der Waals surface area (Å²) in [4.78, 5) is 23.9. The van der Waals surface area contributed by atoms with Gasteiger partial charge in [0.25, 0.3) is 0 Å². The second-order valence-electron chi connectivity index (χ2n) is 4.70. The van der Waals surface area contributed by atoms with Gasteiger partial charge < -0.3 is 10.1 Å². The molecule has 112 valence electrons. The van der Waals surface area contributed by atoms with E-state index in [9.17, 15) is 14.0 Å². The maximum absolute atomic E-state index is 14.1.